The van der Waals surface area contributed by atoms with Gasteiger partial charge < -0.3 is 4.52 Å². The molecular weight excluding hydrogens is 265 g/mol. The highest BCUT2D eigenvalue weighted by Crippen LogP contribution is 2.86. The lowest BCUT2D eigenvalue weighted by Gasteiger charge is -2.10. The Balaban J connectivity index is 2.08. The Kier molecular flexibility index (Phi) is 3.73. The first kappa shape index (κ1) is 11.5. The number of hydrogen-bond acceptors (Lipinski definition) is 5. The van der Waals surface area contributed by atoms with Crippen molar-refractivity contribution in [3.05, 3.63) is 29.8 Å². The highest BCUT2D eigenvalue weighted by molar-refractivity contribution is 9.15. The van der Waals surface area contributed by atoms with E-state index in [4.69, 9.17) is 9.79 Å². The van der Waals surface area contributed by atoms with Gasteiger partial charge in [-0.1, -0.05) is 0 Å². The zero-order chi connectivity index (χ0) is 10.7. The number of nitrogens with zero attached hydrogens (tertiary/aromatic N) is 1. The molecule has 1 fully saturated rings. The number of thiol groups is 1. The maximum atomic E-state index is 8.66. The first-order valence-corrected chi connectivity index (χ1v) is 10.4. The number of nitriles is 1. The Hall–Kier alpha value is -0.0100. The Morgan fingerprint density at radius 1 is 1.27 bits per heavy atom. The summed E-state index contributed by atoms with van der Waals surface area (Å²) in [7, 11) is 0. The van der Waals surface area contributed by atoms with Crippen molar-refractivity contribution in [1.82, 2.24) is 0 Å². The topological polar surface area (TPSA) is 33.0 Å². The van der Waals surface area contributed by atoms with E-state index in [2.05, 4.69) is 18.3 Å². The molecule has 1 aliphatic rings. The molecule has 0 spiro atoms. The fourth-order valence-electron chi connectivity index (χ4n) is 1.12. The van der Waals surface area contributed by atoms with Crippen LogP contribution in [0.5, 0.6) is 5.75 Å². The molecule has 0 aromatic heterocycles. The molecule has 0 atom stereocenters. The molecule has 0 bridgehead atoms. The minimum absolute atomic E-state index is 0.653. The predicted octanol–water partition coefficient (Wildman–Crippen LogP) is 4.02. The second kappa shape index (κ2) is 4.88. The van der Waals surface area contributed by atoms with Crippen LogP contribution in [0.15, 0.2) is 24.3 Å². The van der Waals surface area contributed by atoms with Crippen LogP contribution in [0.25, 0.3) is 0 Å². The van der Waals surface area contributed by atoms with Crippen molar-refractivity contribution in [3.63, 3.8) is 0 Å². The molecule has 1 aromatic carbocycles. The van der Waals surface area contributed by atoms with Crippen molar-refractivity contribution in [2.45, 2.75) is 0 Å². The van der Waals surface area contributed by atoms with Crippen LogP contribution in [-0.2, 0) is 0 Å². The van der Waals surface area contributed by atoms with Crippen molar-refractivity contribution >= 4 is 40.1 Å². The Labute approximate surface area is 103 Å². The van der Waals surface area contributed by atoms with Crippen LogP contribution in [0.2, 0.25) is 0 Å². The first-order valence-electron chi connectivity index (χ1n) is 4.32. The van der Waals surface area contributed by atoms with E-state index < -0.39 is 5.10 Å². The summed E-state index contributed by atoms with van der Waals surface area (Å²) >= 11 is 8.19. The molecule has 0 radical (unpaired) electrons. The van der Waals surface area contributed by atoms with Crippen molar-refractivity contribution in [3.8, 4) is 11.8 Å². The Morgan fingerprint density at radius 3 is 2.40 bits per heavy atom. The summed E-state index contributed by atoms with van der Waals surface area (Å²) in [5, 5.41) is 7.04. The molecule has 0 aliphatic carbocycles. The van der Waals surface area contributed by atoms with Crippen LogP contribution < -0.4 is 4.52 Å². The SMILES string of the molecule is N#Cc1ccc(O[P+]2(S)SCCS2)cc1. The molecule has 78 valence electrons. The van der Waals surface area contributed by atoms with Gasteiger partial charge in [-0.3, -0.25) is 0 Å². The highest BCUT2D eigenvalue weighted by atomic mass is 33.4. The molecule has 0 unspecified atom stereocenters. The van der Waals surface area contributed by atoms with Crippen LogP contribution in [0, 0.1) is 11.3 Å². The lowest BCUT2D eigenvalue weighted by molar-refractivity contribution is 0.636. The molecule has 0 amide bonds. The summed E-state index contributed by atoms with van der Waals surface area (Å²) in [6, 6.07) is 9.27. The average molecular weight is 274 g/mol. The molecule has 1 heterocycles. The largest absolute Gasteiger partial charge is 0.364 e. The molecule has 1 saturated heterocycles. The lowest BCUT2D eigenvalue weighted by atomic mass is 10.2. The Morgan fingerprint density at radius 2 is 1.87 bits per heavy atom. The van der Waals surface area contributed by atoms with Crippen LogP contribution >= 0.6 is 40.1 Å². The zero-order valence-corrected chi connectivity index (χ0v) is 11.2. The van der Waals surface area contributed by atoms with Crippen LogP contribution in [-0.4, -0.2) is 11.5 Å². The Bertz CT molecular complexity index is 383. The van der Waals surface area contributed by atoms with Crippen molar-refractivity contribution in [1.29, 1.82) is 5.26 Å². The predicted molar refractivity (Wildman–Crippen MR) is 72.6 cm³/mol. The normalized spacial score (nSPS) is 18.4. The molecular formula is C9H9NOPS3+. The minimum Gasteiger partial charge on any atom is -0.314 e. The van der Waals surface area contributed by atoms with Gasteiger partial charge in [-0.05, 0) is 24.3 Å². The fourth-order valence-corrected chi connectivity index (χ4v) is 10.3. The standard InChI is InChI=1S/C9H9NOPS3/c10-7-8-1-3-9(4-2-8)11-12(13)14-5-6-15-12/h1-4,13H,5-6H2/q+1. The monoisotopic (exact) mass is 274 g/mol. The number of hydrogen-bond donors (Lipinski definition) is 1. The van der Waals surface area contributed by atoms with E-state index in [0.717, 1.165) is 17.3 Å². The lowest BCUT2D eigenvalue weighted by Crippen LogP contribution is -1.85. The second-order valence-electron chi connectivity index (χ2n) is 2.86. The van der Waals surface area contributed by atoms with Crippen LogP contribution in [0.4, 0.5) is 0 Å². The average Bonchev–Trinajstić information content (AvgIpc) is 2.66. The van der Waals surface area contributed by atoms with E-state index in [9.17, 15) is 0 Å². The molecule has 1 aromatic rings. The zero-order valence-electron chi connectivity index (χ0n) is 7.79. The summed E-state index contributed by atoms with van der Waals surface area (Å²) in [5.74, 6) is 3.02. The third-order valence-electron chi connectivity index (χ3n) is 1.80. The van der Waals surface area contributed by atoms with Gasteiger partial charge in [-0.15, -0.1) is 0 Å². The quantitative estimate of drug-likeness (QED) is 0.652. The molecule has 2 rings (SSSR count). The van der Waals surface area contributed by atoms with Gasteiger partial charge in [0.2, 0.25) is 0 Å². The van der Waals surface area contributed by atoms with Gasteiger partial charge in [-0.2, -0.15) is 5.26 Å². The van der Waals surface area contributed by atoms with Gasteiger partial charge in [0.05, 0.1) is 46.6 Å². The third-order valence-corrected chi connectivity index (χ3v) is 11.6. The van der Waals surface area contributed by atoms with Gasteiger partial charge in [0, 0.05) is 11.5 Å². The maximum absolute atomic E-state index is 8.66. The van der Waals surface area contributed by atoms with Crippen molar-refractivity contribution < 1.29 is 4.52 Å². The van der Waals surface area contributed by atoms with Gasteiger partial charge in [0.15, 0.2) is 5.75 Å². The number of rotatable bonds is 2. The molecule has 0 N–H and O–H groups in total. The smallest absolute Gasteiger partial charge is 0.314 e. The van der Waals surface area contributed by atoms with Gasteiger partial charge >= 0.3 is 5.10 Å². The minimum atomic E-state index is -1.62. The van der Waals surface area contributed by atoms with Crippen molar-refractivity contribution in [2.24, 2.45) is 0 Å². The van der Waals surface area contributed by atoms with Gasteiger partial charge in [0.25, 0.3) is 0 Å². The summed E-state index contributed by atoms with van der Waals surface area (Å²) < 4.78 is 5.85. The summed E-state index contributed by atoms with van der Waals surface area (Å²) in [5.41, 5.74) is 0.653. The first-order chi connectivity index (χ1) is 7.22. The van der Waals surface area contributed by atoms with Gasteiger partial charge in [-0.25, -0.2) is 0 Å². The van der Waals surface area contributed by atoms with Gasteiger partial charge in [0.1, 0.15) is 0 Å². The van der Waals surface area contributed by atoms with E-state index in [1.165, 1.54) is 0 Å². The molecule has 6 heteroatoms. The molecule has 1 aliphatic heterocycles. The van der Waals surface area contributed by atoms with E-state index in [1.807, 2.05) is 12.1 Å². The number of benzene rings is 1. The third kappa shape index (κ3) is 2.98. The fraction of sp³-hybridized carbons (Fsp3) is 0.222. The van der Waals surface area contributed by atoms with Crippen LogP contribution in [0.3, 0.4) is 0 Å². The highest BCUT2D eigenvalue weighted by Gasteiger charge is 2.46. The molecule has 2 nitrogen and oxygen atoms in total. The van der Waals surface area contributed by atoms with E-state index >= 15 is 0 Å². The summed E-state index contributed by atoms with van der Waals surface area (Å²) in [6.07, 6.45) is 0. The van der Waals surface area contributed by atoms with E-state index in [1.54, 1.807) is 34.9 Å². The maximum Gasteiger partial charge on any atom is 0.364 e. The van der Waals surface area contributed by atoms with E-state index in [-0.39, 0.29) is 0 Å². The summed E-state index contributed by atoms with van der Waals surface area (Å²) in [4.78, 5) is 0. The second-order valence-corrected chi connectivity index (χ2v) is 14.0. The van der Waals surface area contributed by atoms with E-state index in [0.29, 0.717) is 5.56 Å². The van der Waals surface area contributed by atoms with Crippen molar-refractivity contribution in [2.75, 3.05) is 11.5 Å². The molecule has 15 heavy (non-hydrogen) atoms. The van der Waals surface area contributed by atoms with Crippen LogP contribution in [0.1, 0.15) is 5.56 Å². The molecule has 0 saturated carbocycles. The summed E-state index contributed by atoms with van der Waals surface area (Å²) in [6.45, 7) is 0.